The Hall–Kier alpha value is -2.61. The summed E-state index contributed by atoms with van der Waals surface area (Å²) < 4.78 is 28.9. The molecule has 7 heteroatoms. The third-order valence-corrected chi connectivity index (χ3v) is 5.64. The van der Waals surface area contributed by atoms with Crippen molar-refractivity contribution in [3.8, 4) is 5.69 Å². The van der Waals surface area contributed by atoms with Gasteiger partial charge in [-0.3, -0.25) is 9.80 Å². The predicted octanol–water partition coefficient (Wildman–Crippen LogP) is 3.22. The summed E-state index contributed by atoms with van der Waals surface area (Å²) in [5.41, 5.74) is 2.81. The van der Waals surface area contributed by atoms with Crippen LogP contribution in [-0.2, 0) is 13.1 Å². The van der Waals surface area contributed by atoms with Crippen molar-refractivity contribution in [3.63, 3.8) is 0 Å². The van der Waals surface area contributed by atoms with Crippen molar-refractivity contribution < 1.29 is 13.9 Å². The molecule has 1 atom stereocenters. The maximum Gasteiger partial charge on any atom is 0.123 e. The molecule has 0 amide bonds. The molecule has 1 saturated heterocycles. The second-order valence-corrected chi connectivity index (χ2v) is 7.72. The molecule has 30 heavy (non-hydrogen) atoms. The van der Waals surface area contributed by atoms with Crippen molar-refractivity contribution >= 4 is 0 Å². The summed E-state index contributed by atoms with van der Waals surface area (Å²) in [6.45, 7) is 3.87. The van der Waals surface area contributed by atoms with Gasteiger partial charge in [0.2, 0.25) is 0 Å². The minimum Gasteiger partial charge on any atom is -0.396 e. The highest BCUT2D eigenvalue weighted by Crippen LogP contribution is 2.22. The summed E-state index contributed by atoms with van der Waals surface area (Å²) in [4.78, 5) is 4.63. The van der Waals surface area contributed by atoms with Crippen LogP contribution in [0.5, 0.6) is 0 Å². The average Bonchev–Trinajstić information content (AvgIpc) is 3.26. The topological polar surface area (TPSA) is 44.5 Å². The zero-order valence-electron chi connectivity index (χ0n) is 16.8. The maximum atomic E-state index is 14.0. The number of rotatable bonds is 7. The van der Waals surface area contributed by atoms with Gasteiger partial charge in [-0.05, 0) is 53.9 Å². The van der Waals surface area contributed by atoms with Crippen LogP contribution in [0.1, 0.15) is 17.5 Å². The minimum atomic E-state index is -0.261. The number of benzene rings is 2. The predicted molar refractivity (Wildman–Crippen MR) is 111 cm³/mol. The molecule has 2 heterocycles. The van der Waals surface area contributed by atoms with Crippen molar-refractivity contribution in [3.05, 3.63) is 83.7 Å². The monoisotopic (exact) mass is 412 g/mol. The molecule has 0 bridgehead atoms. The number of piperazine rings is 1. The van der Waals surface area contributed by atoms with Crippen molar-refractivity contribution in [1.82, 2.24) is 19.6 Å². The molecule has 1 N–H and O–H groups in total. The molecule has 3 aromatic rings. The van der Waals surface area contributed by atoms with Gasteiger partial charge >= 0.3 is 0 Å². The quantitative estimate of drug-likeness (QED) is 0.647. The van der Waals surface area contributed by atoms with Gasteiger partial charge in [0, 0.05) is 57.8 Å². The van der Waals surface area contributed by atoms with E-state index in [1.807, 2.05) is 12.3 Å². The van der Waals surface area contributed by atoms with E-state index in [1.165, 1.54) is 18.2 Å². The van der Waals surface area contributed by atoms with Gasteiger partial charge in [-0.25, -0.2) is 13.5 Å². The molecule has 1 fully saturated rings. The van der Waals surface area contributed by atoms with Gasteiger partial charge in [-0.2, -0.15) is 5.10 Å². The second kappa shape index (κ2) is 9.47. The molecule has 0 spiro atoms. The fourth-order valence-electron chi connectivity index (χ4n) is 4.11. The number of aliphatic hydroxyl groups is 1. The van der Waals surface area contributed by atoms with Gasteiger partial charge in [0.05, 0.1) is 5.69 Å². The number of aromatic nitrogens is 2. The highest BCUT2D eigenvalue weighted by Gasteiger charge is 2.27. The zero-order valence-corrected chi connectivity index (χ0v) is 16.8. The van der Waals surface area contributed by atoms with E-state index in [9.17, 15) is 13.9 Å². The van der Waals surface area contributed by atoms with Crippen molar-refractivity contribution in [1.29, 1.82) is 0 Å². The van der Waals surface area contributed by atoms with E-state index in [0.717, 1.165) is 43.0 Å². The Kier molecular flexibility index (Phi) is 6.52. The average molecular weight is 412 g/mol. The summed E-state index contributed by atoms with van der Waals surface area (Å²) >= 11 is 0. The molecule has 2 aromatic carbocycles. The van der Waals surface area contributed by atoms with Gasteiger partial charge in [-0.1, -0.05) is 12.1 Å². The fraction of sp³-hybridized carbons (Fsp3) is 0.348. The highest BCUT2D eigenvalue weighted by molar-refractivity contribution is 5.40. The lowest BCUT2D eigenvalue weighted by molar-refractivity contribution is 0.0499. The SMILES string of the molecule is OCC[C@@H]1CN(Cc2cc(F)ccc2-n2cccn2)CCN1Cc1ccc(F)cc1. The normalized spacial score (nSPS) is 18.0. The maximum absolute atomic E-state index is 14.0. The Morgan fingerprint density at radius 2 is 1.80 bits per heavy atom. The molecule has 0 saturated carbocycles. The first-order valence-electron chi connectivity index (χ1n) is 10.2. The zero-order chi connectivity index (χ0) is 20.9. The summed E-state index contributed by atoms with van der Waals surface area (Å²) in [6.07, 6.45) is 4.22. The fourth-order valence-corrected chi connectivity index (χ4v) is 4.11. The number of hydrogen-bond donors (Lipinski definition) is 1. The van der Waals surface area contributed by atoms with Crippen LogP contribution in [0.3, 0.4) is 0 Å². The lowest BCUT2D eigenvalue weighted by atomic mass is 10.1. The smallest absolute Gasteiger partial charge is 0.123 e. The summed E-state index contributed by atoms with van der Waals surface area (Å²) in [7, 11) is 0. The Labute approximate surface area is 175 Å². The molecular formula is C23H26F2N4O. The third-order valence-electron chi connectivity index (χ3n) is 5.64. The van der Waals surface area contributed by atoms with E-state index in [-0.39, 0.29) is 24.3 Å². The van der Waals surface area contributed by atoms with E-state index in [1.54, 1.807) is 35.1 Å². The van der Waals surface area contributed by atoms with Gasteiger partial charge in [0.1, 0.15) is 11.6 Å². The number of hydrogen-bond acceptors (Lipinski definition) is 4. The van der Waals surface area contributed by atoms with Crippen LogP contribution < -0.4 is 0 Å². The molecule has 0 radical (unpaired) electrons. The second-order valence-electron chi connectivity index (χ2n) is 7.72. The Bertz CT molecular complexity index is 946. The summed E-state index contributed by atoms with van der Waals surface area (Å²) in [5, 5.41) is 13.9. The van der Waals surface area contributed by atoms with Crippen LogP contribution in [0.15, 0.2) is 60.9 Å². The van der Waals surface area contributed by atoms with Gasteiger partial charge in [0.25, 0.3) is 0 Å². The Balaban J connectivity index is 1.47. The standard InChI is InChI=1S/C23H26F2N4O/c24-20-4-2-18(3-5-20)15-28-12-11-27(17-22(28)8-13-30)16-19-14-21(25)6-7-23(19)29-10-1-9-26-29/h1-7,9-10,14,22,30H,8,11-13,15-17H2/t22-/m1/s1. The molecule has 0 unspecified atom stereocenters. The first kappa shape index (κ1) is 20.7. The molecule has 5 nitrogen and oxygen atoms in total. The van der Waals surface area contributed by atoms with E-state index < -0.39 is 0 Å². The largest absolute Gasteiger partial charge is 0.396 e. The molecule has 1 aromatic heterocycles. The number of halogens is 2. The third kappa shape index (κ3) is 4.92. The van der Waals surface area contributed by atoms with Crippen LogP contribution in [0.4, 0.5) is 8.78 Å². The van der Waals surface area contributed by atoms with Crippen molar-refractivity contribution in [2.24, 2.45) is 0 Å². The summed E-state index contributed by atoms with van der Waals surface area (Å²) in [6, 6.07) is 13.4. The van der Waals surface area contributed by atoms with Crippen LogP contribution in [-0.4, -0.2) is 57.0 Å². The lowest BCUT2D eigenvalue weighted by Gasteiger charge is -2.41. The van der Waals surface area contributed by atoms with E-state index in [0.29, 0.717) is 13.0 Å². The van der Waals surface area contributed by atoms with Crippen LogP contribution in [0, 0.1) is 11.6 Å². The molecule has 1 aliphatic rings. The summed E-state index contributed by atoms with van der Waals surface area (Å²) in [5.74, 6) is -0.499. The Morgan fingerprint density at radius 1 is 1.00 bits per heavy atom. The number of aliphatic hydroxyl groups excluding tert-OH is 1. The van der Waals surface area contributed by atoms with Gasteiger partial charge in [0.15, 0.2) is 0 Å². The van der Waals surface area contributed by atoms with E-state index >= 15 is 0 Å². The Morgan fingerprint density at radius 3 is 2.53 bits per heavy atom. The molecule has 0 aliphatic carbocycles. The highest BCUT2D eigenvalue weighted by atomic mass is 19.1. The molecule has 158 valence electrons. The van der Waals surface area contributed by atoms with Crippen LogP contribution in [0.2, 0.25) is 0 Å². The molecule has 4 rings (SSSR count). The minimum absolute atomic E-state index is 0.108. The van der Waals surface area contributed by atoms with Gasteiger partial charge in [-0.15, -0.1) is 0 Å². The van der Waals surface area contributed by atoms with Gasteiger partial charge < -0.3 is 5.11 Å². The molecule has 1 aliphatic heterocycles. The molecular weight excluding hydrogens is 386 g/mol. The first-order valence-corrected chi connectivity index (χ1v) is 10.2. The van der Waals surface area contributed by atoms with Crippen LogP contribution in [0.25, 0.3) is 5.69 Å². The van der Waals surface area contributed by atoms with Crippen molar-refractivity contribution in [2.75, 3.05) is 26.2 Å². The van der Waals surface area contributed by atoms with Crippen LogP contribution >= 0.6 is 0 Å². The van der Waals surface area contributed by atoms with E-state index in [4.69, 9.17) is 0 Å². The lowest BCUT2D eigenvalue weighted by Crippen LogP contribution is -2.52. The van der Waals surface area contributed by atoms with Crippen molar-refractivity contribution in [2.45, 2.75) is 25.6 Å². The van der Waals surface area contributed by atoms with E-state index in [2.05, 4.69) is 14.9 Å². The first-order chi connectivity index (χ1) is 14.6. The number of nitrogens with zero attached hydrogens (tertiary/aromatic N) is 4.